The summed E-state index contributed by atoms with van der Waals surface area (Å²) >= 11 is 1.86. The summed E-state index contributed by atoms with van der Waals surface area (Å²) in [6, 6.07) is 70.2. The minimum atomic E-state index is -0.00933. The summed E-state index contributed by atoms with van der Waals surface area (Å²) in [5, 5.41) is 2.58. The van der Waals surface area contributed by atoms with Gasteiger partial charge in [0.2, 0.25) is 0 Å². The molecule has 1 aliphatic carbocycles. The van der Waals surface area contributed by atoms with E-state index in [2.05, 4.69) is 184 Å². The summed E-state index contributed by atoms with van der Waals surface area (Å²) in [4.78, 5) is 10.4. The molecule has 2 nitrogen and oxygen atoms in total. The monoisotopic (exact) mass is 758 g/mol. The van der Waals surface area contributed by atoms with E-state index >= 15 is 0 Å². The minimum absolute atomic E-state index is 0.00933. The number of hydrogen-bond acceptors (Lipinski definition) is 3. The largest absolute Gasteiger partial charge is 0.228 e. The lowest BCUT2D eigenvalue weighted by Crippen LogP contribution is -2.14. The lowest BCUT2D eigenvalue weighted by molar-refractivity contribution is 0.660. The van der Waals surface area contributed by atoms with Crippen molar-refractivity contribution in [3.63, 3.8) is 0 Å². The van der Waals surface area contributed by atoms with Crippen molar-refractivity contribution in [2.24, 2.45) is 0 Å². The van der Waals surface area contributed by atoms with Gasteiger partial charge in [0, 0.05) is 42.3 Å². The summed E-state index contributed by atoms with van der Waals surface area (Å²) in [5.41, 5.74) is 17.5. The molecule has 1 aliphatic rings. The minimum Gasteiger partial charge on any atom is -0.228 e. The summed E-state index contributed by atoms with van der Waals surface area (Å²) in [6.07, 6.45) is 0. The van der Waals surface area contributed by atoms with Crippen LogP contribution in [0.15, 0.2) is 194 Å². The van der Waals surface area contributed by atoms with Crippen LogP contribution in [0.5, 0.6) is 0 Å². The van der Waals surface area contributed by atoms with Crippen molar-refractivity contribution in [1.29, 1.82) is 0 Å². The van der Waals surface area contributed by atoms with Gasteiger partial charge in [-0.25, -0.2) is 9.97 Å². The number of fused-ring (bicyclic) bond motifs is 6. The second kappa shape index (κ2) is 13.6. The predicted octanol–water partition coefficient (Wildman–Crippen LogP) is 15.2. The molecule has 274 valence electrons. The summed E-state index contributed by atoms with van der Waals surface area (Å²) in [5.74, 6) is 0.709. The molecular weight excluding hydrogens is 721 g/mol. The van der Waals surface area contributed by atoms with E-state index in [0.29, 0.717) is 5.82 Å². The molecule has 3 heteroatoms. The number of rotatable bonds is 6. The number of thiophene rings is 1. The van der Waals surface area contributed by atoms with Gasteiger partial charge >= 0.3 is 0 Å². The van der Waals surface area contributed by atoms with Crippen LogP contribution in [-0.4, -0.2) is 9.97 Å². The average Bonchev–Trinajstić information content (AvgIpc) is 3.78. The molecule has 0 atom stereocenters. The highest BCUT2D eigenvalue weighted by molar-refractivity contribution is 7.26. The first-order valence-electron chi connectivity index (χ1n) is 19.9. The number of benzene rings is 8. The van der Waals surface area contributed by atoms with E-state index in [0.717, 1.165) is 44.8 Å². The Bertz CT molecular complexity index is 3120. The van der Waals surface area contributed by atoms with Gasteiger partial charge in [0.15, 0.2) is 5.82 Å². The smallest absolute Gasteiger partial charge is 0.160 e. The van der Waals surface area contributed by atoms with Crippen molar-refractivity contribution in [3.8, 4) is 78.4 Å². The second-order valence-corrected chi connectivity index (χ2v) is 16.8. The quantitative estimate of drug-likeness (QED) is 0.169. The maximum atomic E-state index is 5.27. The molecule has 0 unspecified atom stereocenters. The van der Waals surface area contributed by atoms with Gasteiger partial charge in [-0.05, 0) is 92.0 Å². The van der Waals surface area contributed by atoms with Crippen LogP contribution in [0.25, 0.3) is 98.6 Å². The van der Waals surface area contributed by atoms with E-state index in [-0.39, 0.29) is 5.41 Å². The van der Waals surface area contributed by atoms with Gasteiger partial charge in [-0.15, -0.1) is 11.3 Å². The molecule has 2 heterocycles. The molecule has 0 saturated heterocycles. The first kappa shape index (κ1) is 34.3. The highest BCUT2D eigenvalue weighted by Gasteiger charge is 2.35. The lowest BCUT2D eigenvalue weighted by atomic mass is 9.82. The van der Waals surface area contributed by atoms with Crippen LogP contribution in [-0.2, 0) is 5.41 Å². The lowest BCUT2D eigenvalue weighted by Gasteiger charge is -2.21. The Morgan fingerprint density at radius 3 is 1.72 bits per heavy atom. The van der Waals surface area contributed by atoms with Gasteiger partial charge in [-0.2, -0.15) is 0 Å². The van der Waals surface area contributed by atoms with Gasteiger partial charge in [0.1, 0.15) is 0 Å². The van der Waals surface area contributed by atoms with Crippen molar-refractivity contribution in [2.45, 2.75) is 19.3 Å². The molecule has 0 saturated carbocycles. The van der Waals surface area contributed by atoms with Crippen LogP contribution in [0, 0.1) is 0 Å². The number of aromatic nitrogens is 2. The molecular formula is C55H38N2S. The van der Waals surface area contributed by atoms with Gasteiger partial charge in [0.05, 0.1) is 11.4 Å². The topological polar surface area (TPSA) is 25.8 Å². The molecule has 0 amide bonds. The maximum Gasteiger partial charge on any atom is 0.160 e. The van der Waals surface area contributed by atoms with Crippen LogP contribution in [0.1, 0.15) is 25.0 Å². The van der Waals surface area contributed by atoms with Crippen molar-refractivity contribution in [2.75, 3.05) is 0 Å². The van der Waals surface area contributed by atoms with E-state index in [9.17, 15) is 0 Å². The third-order valence-corrected chi connectivity index (χ3v) is 13.1. The zero-order valence-corrected chi connectivity index (χ0v) is 33.1. The molecule has 0 N–H and O–H groups in total. The Kier molecular flexibility index (Phi) is 8.06. The van der Waals surface area contributed by atoms with Crippen LogP contribution in [0.2, 0.25) is 0 Å². The number of hydrogen-bond donors (Lipinski definition) is 0. The van der Waals surface area contributed by atoms with Crippen LogP contribution in [0.3, 0.4) is 0 Å². The van der Waals surface area contributed by atoms with E-state index < -0.39 is 0 Å². The average molecular weight is 759 g/mol. The third kappa shape index (κ3) is 5.78. The van der Waals surface area contributed by atoms with Crippen LogP contribution < -0.4 is 0 Å². The molecule has 8 aromatic carbocycles. The third-order valence-electron chi connectivity index (χ3n) is 11.9. The molecule has 58 heavy (non-hydrogen) atoms. The van der Waals surface area contributed by atoms with Crippen molar-refractivity contribution in [1.82, 2.24) is 9.97 Å². The Hall–Kier alpha value is -6.94. The van der Waals surface area contributed by atoms with Crippen LogP contribution >= 0.6 is 11.3 Å². The SMILES string of the molecule is CC1(C)c2ccccc2-c2cc(-c3ccc(-c4cc(-c5cc(-c6ccccc6)nc(-c6ccccc6)n5)cc(-c5cccc6c5sc5ccccc56)c4)cc3)ccc21. The highest BCUT2D eigenvalue weighted by Crippen LogP contribution is 2.50. The van der Waals surface area contributed by atoms with Crippen molar-refractivity contribution >= 4 is 31.5 Å². The summed E-state index contributed by atoms with van der Waals surface area (Å²) < 4.78 is 2.59. The molecule has 0 radical (unpaired) electrons. The Morgan fingerprint density at radius 2 is 0.931 bits per heavy atom. The summed E-state index contributed by atoms with van der Waals surface area (Å²) in [7, 11) is 0. The van der Waals surface area contributed by atoms with Gasteiger partial charge in [-0.3, -0.25) is 0 Å². The fourth-order valence-electron chi connectivity index (χ4n) is 8.90. The van der Waals surface area contributed by atoms with E-state index in [1.807, 2.05) is 35.6 Å². The van der Waals surface area contributed by atoms with E-state index in [1.54, 1.807) is 0 Å². The molecule has 10 aromatic rings. The van der Waals surface area contributed by atoms with Gasteiger partial charge < -0.3 is 0 Å². The Morgan fingerprint density at radius 1 is 0.362 bits per heavy atom. The molecule has 11 rings (SSSR count). The molecule has 0 bridgehead atoms. The standard InChI is InChI=1S/C55H38N2S/c1-55(2)48-22-11-9-18-44(48)47-33-39(28-29-49(47)55)35-24-26-36(27-25-35)40-30-41(43-20-13-21-46-45-19-10-12-23-52(45)58-53(43)46)32-42(31-40)51-34-50(37-14-5-3-6-15-37)56-54(57-51)38-16-7-4-8-17-38/h3-34H,1-2H3. The van der Waals surface area contributed by atoms with E-state index in [4.69, 9.17) is 9.97 Å². The van der Waals surface area contributed by atoms with E-state index in [1.165, 1.54) is 59.1 Å². The molecule has 0 spiro atoms. The zero-order valence-electron chi connectivity index (χ0n) is 32.3. The van der Waals surface area contributed by atoms with Gasteiger partial charge in [0.25, 0.3) is 0 Å². The maximum absolute atomic E-state index is 5.27. The Labute approximate surface area is 342 Å². The van der Waals surface area contributed by atoms with Crippen LogP contribution in [0.4, 0.5) is 0 Å². The Balaban J connectivity index is 1.07. The highest BCUT2D eigenvalue weighted by atomic mass is 32.1. The second-order valence-electron chi connectivity index (χ2n) is 15.8. The molecule has 0 fully saturated rings. The van der Waals surface area contributed by atoms with Gasteiger partial charge in [-0.1, -0.05) is 172 Å². The zero-order chi connectivity index (χ0) is 38.8. The summed E-state index contributed by atoms with van der Waals surface area (Å²) in [6.45, 7) is 4.67. The fraction of sp³-hybridized carbons (Fsp3) is 0.0545. The predicted molar refractivity (Wildman–Crippen MR) is 245 cm³/mol. The first-order valence-corrected chi connectivity index (χ1v) is 20.7. The van der Waals surface area contributed by atoms with Crippen molar-refractivity contribution < 1.29 is 0 Å². The number of nitrogens with zero attached hydrogens (tertiary/aromatic N) is 2. The molecule has 2 aromatic heterocycles. The first-order chi connectivity index (χ1) is 28.5. The fourth-order valence-corrected chi connectivity index (χ4v) is 10.1. The normalized spacial score (nSPS) is 12.8. The molecule has 0 aliphatic heterocycles. The van der Waals surface area contributed by atoms with Crippen molar-refractivity contribution in [3.05, 3.63) is 205 Å².